The number of carbonyl (C=O) groups is 1. The predicted molar refractivity (Wildman–Crippen MR) is 103 cm³/mol. The second-order valence-electron chi connectivity index (χ2n) is 6.08. The van der Waals surface area contributed by atoms with Gasteiger partial charge in [-0.2, -0.15) is 0 Å². The van der Waals surface area contributed by atoms with Crippen LogP contribution in [0.25, 0.3) is 10.6 Å². The van der Waals surface area contributed by atoms with Crippen LogP contribution in [0, 0.1) is 0 Å². The van der Waals surface area contributed by atoms with E-state index in [2.05, 4.69) is 9.72 Å². The predicted octanol–water partition coefficient (Wildman–Crippen LogP) is 4.99. The van der Waals surface area contributed by atoms with Crippen molar-refractivity contribution in [3.05, 3.63) is 65.2 Å². The number of benzene rings is 2. The second kappa shape index (κ2) is 8.52. The summed E-state index contributed by atoms with van der Waals surface area (Å²) in [5.74, 6) is -0.0271. The largest absolute Gasteiger partial charge is 0.573 e. The van der Waals surface area contributed by atoms with E-state index in [9.17, 15) is 18.0 Å². The summed E-state index contributed by atoms with van der Waals surface area (Å²) in [5.41, 5.74) is 1.30. The van der Waals surface area contributed by atoms with Gasteiger partial charge >= 0.3 is 6.36 Å². The number of hydrogen-bond acceptors (Lipinski definition) is 5. The number of alkyl halides is 3. The molecule has 0 bridgehead atoms. The fourth-order valence-electron chi connectivity index (χ4n) is 2.62. The minimum atomic E-state index is -4.80. The zero-order valence-electron chi connectivity index (χ0n) is 15.6. The summed E-state index contributed by atoms with van der Waals surface area (Å²) >= 11 is 1.31. The Balaban J connectivity index is 1.74. The van der Waals surface area contributed by atoms with E-state index in [0.717, 1.165) is 5.56 Å². The summed E-state index contributed by atoms with van der Waals surface area (Å²) in [6, 6.07) is 13.0. The first-order valence-corrected chi connectivity index (χ1v) is 9.34. The van der Waals surface area contributed by atoms with E-state index >= 15 is 0 Å². The quantitative estimate of drug-likeness (QED) is 0.562. The van der Waals surface area contributed by atoms with Gasteiger partial charge in [-0.3, -0.25) is 4.79 Å². The van der Waals surface area contributed by atoms with Crippen molar-refractivity contribution in [2.24, 2.45) is 0 Å². The highest BCUT2D eigenvalue weighted by Gasteiger charge is 2.32. The van der Waals surface area contributed by atoms with Gasteiger partial charge in [0.15, 0.2) is 0 Å². The molecular formula is C20H17F3N2O3S. The molecule has 0 aliphatic rings. The Morgan fingerprint density at radius 1 is 1.14 bits per heavy atom. The average molecular weight is 422 g/mol. The van der Waals surface area contributed by atoms with Gasteiger partial charge in [0.2, 0.25) is 0 Å². The number of ether oxygens (including phenoxy) is 2. The molecule has 0 saturated heterocycles. The molecule has 3 aromatic rings. The normalized spacial score (nSPS) is 11.2. The third-order valence-electron chi connectivity index (χ3n) is 4.01. The van der Waals surface area contributed by atoms with Crippen LogP contribution in [0.15, 0.2) is 53.9 Å². The van der Waals surface area contributed by atoms with Crippen LogP contribution in [0.4, 0.5) is 13.2 Å². The molecule has 0 spiro atoms. The molecule has 0 saturated carbocycles. The Morgan fingerprint density at radius 2 is 1.83 bits per heavy atom. The Labute approximate surface area is 169 Å². The molecular weight excluding hydrogens is 405 g/mol. The summed E-state index contributed by atoms with van der Waals surface area (Å²) in [6.07, 6.45) is -4.80. The second-order valence-corrected chi connectivity index (χ2v) is 6.94. The van der Waals surface area contributed by atoms with Crippen molar-refractivity contribution < 1.29 is 27.4 Å². The number of thiazole rings is 1. The molecule has 0 unspecified atom stereocenters. The third-order valence-corrected chi connectivity index (χ3v) is 4.90. The molecule has 0 N–H and O–H groups in total. The van der Waals surface area contributed by atoms with Crippen LogP contribution in [0.2, 0.25) is 0 Å². The lowest BCUT2D eigenvalue weighted by molar-refractivity contribution is -0.275. The number of hydrogen-bond donors (Lipinski definition) is 0. The molecule has 1 heterocycles. The lowest BCUT2D eigenvalue weighted by atomic mass is 10.2. The zero-order chi connectivity index (χ0) is 21.0. The molecule has 152 valence electrons. The minimum absolute atomic E-state index is 0.0551. The first-order valence-electron chi connectivity index (χ1n) is 8.46. The number of aromatic nitrogens is 1. The topological polar surface area (TPSA) is 51.7 Å². The van der Waals surface area contributed by atoms with Crippen molar-refractivity contribution in [2.45, 2.75) is 12.9 Å². The van der Waals surface area contributed by atoms with Crippen LogP contribution in [-0.2, 0) is 6.54 Å². The van der Waals surface area contributed by atoms with Crippen molar-refractivity contribution in [3.63, 3.8) is 0 Å². The Bertz CT molecular complexity index is 987. The lowest BCUT2D eigenvalue weighted by Gasteiger charge is -2.19. The number of carbonyl (C=O) groups excluding carboxylic acids is 1. The van der Waals surface area contributed by atoms with Crippen molar-refractivity contribution in [2.75, 3.05) is 14.2 Å². The summed E-state index contributed by atoms with van der Waals surface area (Å²) < 4.78 is 46.9. The summed E-state index contributed by atoms with van der Waals surface area (Å²) in [7, 11) is 3.07. The molecule has 3 rings (SSSR count). The number of nitrogens with zero attached hydrogens (tertiary/aromatic N) is 2. The highest BCUT2D eigenvalue weighted by molar-refractivity contribution is 7.13. The molecule has 9 heteroatoms. The Hall–Kier alpha value is -3.07. The van der Waals surface area contributed by atoms with E-state index in [-0.39, 0.29) is 23.6 Å². The third kappa shape index (κ3) is 5.26. The van der Waals surface area contributed by atoms with Gasteiger partial charge in [-0.25, -0.2) is 4.98 Å². The molecule has 0 aliphatic heterocycles. The van der Waals surface area contributed by atoms with Crippen LogP contribution in [0.3, 0.4) is 0 Å². The van der Waals surface area contributed by atoms with Gasteiger partial charge in [-0.05, 0) is 30.3 Å². The maximum atomic E-state index is 12.7. The standard InChI is InChI=1S/C20H17F3N2O3S/c1-25(11-14-5-3-4-6-17(14)28-20(21,22)23)19(26)16-12-29-18(24-16)13-7-9-15(27-2)10-8-13/h3-10,12H,11H2,1-2H3. The van der Waals surface area contributed by atoms with Gasteiger partial charge in [0.1, 0.15) is 22.2 Å². The molecule has 1 aromatic heterocycles. The Morgan fingerprint density at radius 3 is 2.48 bits per heavy atom. The number of methoxy groups -OCH3 is 1. The summed E-state index contributed by atoms with van der Waals surface area (Å²) in [4.78, 5) is 18.3. The first-order chi connectivity index (χ1) is 13.8. The van der Waals surface area contributed by atoms with Gasteiger partial charge in [-0.1, -0.05) is 18.2 Å². The van der Waals surface area contributed by atoms with Gasteiger partial charge in [0.05, 0.1) is 7.11 Å². The number of amides is 1. The van der Waals surface area contributed by atoms with Crippen molar-refractivity contribution in [1.29, 1.82) is 0 Å². The SMILES string of the molecule is COc1ccc(-c2nc(C(=O)N(C)Cc3ccccc3OC(F)(F)F)cs2)cc1. The molecule has 5 nitrogen and oxygen atoms in total. The monoisotopic (exact) mass is 422 g/mol. The number of rotatable bonds is 6. The molecule has 0 aliphatic carbocycles. The van der Waals surface area contributed by atoms with Crippen LogP contribution in [0.5, 0.6) is 11.5 Å². The highest BCUT2D eigenvalue weighted by Crippen LogP contribution is 2.28. The first kappa shape index (κ1) is 20.7. The smallest absolute Gasteiger partial charge is 0.497 e. The van der Waals surface area contributed by atoms with Gasteiger partial charge in [-0.15, -0.1) is 24.5 Å². The molecule has 0 radical (unpaired) electrons. The number of halogens is 3. The Kier molecular flexibility index (Phi) is 6.07. The molecule has 29 heavy (non-hydrogen) atoms. The highest BCUT2D eigenvalue weighted by atomic mass is 32.1. The molecule has 0 fully saturated rings. The number of para-hydroxylation sites is 1. The molecule has 2 aromatic carbocycles. The van der Waals surface area contributed by atoms with Gasteiger partial charge in [0.25, 0.3) is 5.91 Å². The fraction of sp³-hybridized carbons (Fsp3) is 0.200. The van der Waals surface area contributed by atoms with Crippen molar-refractivity contribution in [1.82, 2.24) is 9.88 Å². The van der Waals surface area contributed by atoms with Gasteiger partial charge < -0.3 is 14.4 Å². The van der Waals surface area contributed by atoms with Crippen LogP contribution in [-0.4, -0.2) is 36.3 Å². The van der Waals surface area contributed by atoms with Crippen molar-refractivity contribution in [3.8, 4) is 22.1 Å². The van der Waals surface area contributed by atoms with Crippen LogP contribution in [0.1, 0.15) is 16.1 Å². The van der Waals surface area contributed by atoms with Crippen LogP contribution < -0.4 is 9.47 Å². The van der Waals surface area contributed by atoms with E-state index < -0.39 is 12.3 Å². The van der Waals surface area contributed by atoms with E-state index in [1.54, 1.807) is 30.7 Å². The average Bonchev–Trinajstić information content (AvgIpc) is 3.18. The van der Waals surface area contributed by atoms with Crippen molar-refractivity contribution >= 4 is 17.2 Å². The van der Waals surface area contributed by atoms with Crippen LogP contribution >= 0.6 is 11.3 Å². The minimum Gasteiger partial charge on any atom is -0.497 e. The van der Waals surface area contributed by atoms with E-state index in [1.807, 2.05) is 12.1 Å². The molecule has 1 amide bonds. The van der Waals surface area contributed by atoms with Gasteiger partial charge in [0, 0.05) is 30.1 Å². The molecule has 0 atom stereocenters. The maximum absolute atomic E-state index is 12.7. The van der Waals surface area contributed by atoms with E-state index in [1.165, 1.54) is 41.5 Å². The zero-order valence-corrected chi connectivity index (χ0v) is 16.4. The van der Waals surface area contributed by atoms with E-state index in [0.29, 0.717) is 10.8 Å². The lowest BCUT2D eigenvalue weighted by Crippen LogP contribution is -2.27. The maximum Gasteiger partial charge on any atom is 0.573 e. The summed E-state index contributed by atoms with van der Waals surface area (Å²) in [5, 5.41) is 2.28. The summed E-state index contributed by atoms with van der Waals surface area (Å²) in [6.45, 7) is -0.0551. The fourth-order valence-corrected chi connectivity index (χ4v) is 3.42. The van der Waals surface area contributed by atoms with E-state index in [4.69, 9.17) is 4.74 Å².